The normalized spacial score (nSPS) is 12.7. The van der Waals surface area contributed by atoms with E-state index in [1.54, 1.807) is 0 Å². The number of nitrogens with zero attached hydrogens (tertiary/aromatic N) is 1. The fourth-order valence-electron chi connectivity index (χ4n) is 5.01. The lowest BCUT2D eigenvalue weighted by molar-refractivity contribution is 0.669. The van der Waals surface area contributed by atoms with Gasteiger partial charge in [0.05, 0.1) is 11.4 Å². The first-order chi connectivity index (χ1) is 17.1. The second-order valence-corrected chi connectivity index (χ2v) is 10.3. The van der Waals surface area contributed by atoms with Crippen LogP contribution in [-0.4, -0.2) is 0 Å². The summed E-state index contributed by atoms with van der Waals surface area (Å²) in [6.07, 6.45) is 0. The highest BCUT2D eigenvalue weighted by Crippen LogP contribution is 2.52. The second-order valence-electron chi connectivity index (χ2n) is 9.24. The lowest BCUT2D eigenvalue weighted by Crippen LogP contribution is -2.15. The molecule has 0 saturated heterocycles. The summed E-state index contributed by atoms with van der Waals surface area (Å²) in [4.78, 5) is 4.98. The Morgan fingerprint density at radius 3 is 1.91 bits per heavy atom. The van der Waals surface area contributed by atoms with E-state index in [1.807, 2.05) is 23.9 Å². The van der Waals surface area contributed by atoms with Crippen LogP contribution in [-0.2, 0) is 0 Å². The van der Waals surface area contributed by atoms with Crippen LogP contribution in [0, 0.1) is 13.8 Å². The topological polar surface area (TPSA) is 16.4 Å². The van der Waals surface area contributed by atoms with Crippen LogP contribution in [0.4, 0.5) is 17.1 Å². The lowest BCUT2D eigenvalue weighted by atomic mass is 10.0. The summed E-state index contributed by atoms with van der Waals surface area (Å²) in [5, 5.41) is 2.31. The predicted octanol–water partition coefficient (Wildman–Crippen LogP) is 9.80. The molecule has 35 heavy (non-hydrogen) atoms. The minimum atomic E-state index is 0.927. The zero-order valence-electron chi connectivity index (χ0n) is 19.6. The minimum Gasteiger partial charge on any atom is -0.456 e. The van der Waals surface area contributed by atoms with Crippen molar-refractivity contribution in [1.82, 2.24) is 0 Å². The Bertz CT molecular complexity index is 1690. The molecule has 0 atom stereocenters. The van der Waals surface area contributed by atoms with Crippen molar-refractivity contribution in [3.05, 3.63) is 114 Å². The molecule has 0 amide bonds. The summed E-state index contributed by atoms with van der Waals surface area (Å²) in [7, 11) is 0. The van der Waals surface area contributed by atoms with Crippen molar-refractivity contribution in [3.63, 3.8) is 0 Å². The van der Waals surface area contributed by atoms with Crippen LogP contribution in [0.15, 0.2) is 117 Å². The van der Waals surface area contributed by atoms with E-state index in [-0.39, 0.29) is 0 Å². The second kappa shape index (κ2) is 7.79. The number of furan rings is 1. The van der Waals surface area contributed by atoms with Gasteiger partial charge in [-0.1, -0.05) is 60.3 Å². The SMILES string of the molecule is Cc1ccc2c(c1)Sc1cc(C)ccc1N2c1ccc(-c2ccc3oc4ccccc4c3c2)cc1. The number of benzene rings is 5. The third-order valence-electron chi connectivity index (χ3n) is 6.77. The molecule has 0 radical (unpaired) electrons. The summed E-state index contributed by atoms with van der Waals surface area (Å²) < 4.78 is 6.02. The number of fused-ring (bicyclic) bond motifs is 5. The highest BCUT2D eigenvalue weighted by molar-refractivity contribution is 7.99. The van der Waals surface area contributed by atoms with Gasteiger partial charge in [-0.3, -0.25) is 0 Å². The third kappa shape index (κ3) is 3.35. The smallest absolute Gasteiger partial charge is 0.135 e. The Kier molecular flexibility index (Phi) is 4.55. The number of hydrogen-bond donors (Lipinski definition) is 0. The first-order valence-corrected chi connectivity index (χ1v) is 12.7. The quantitative estimate of drug-likeness (QED) is 0.251. The average molecular weight is 470 g/mol. The van der Waals surface area contributed by atoms with Gasteiger partial charge in [0.15, 0.2) is 0 Å². The van der Waals surface area contributed by atoms with Crippen molar-refractivity contribution in [1.29, 1.82) is 0 Å². The van der Waals surface area contributed by atoms with Crippen LogP contribution in [0.1, 0.15) is 11.1 Å². The molecule has 0 spiro atoms. The molecular weight excluding hydrogens is 446 g/mol. The molecule has 0 aliphatic carbocycles. The molecule has 2 heterocycles. The predicted molar refractivity (Wildman–Crippen MR) is 147 cm³/mol. The molecule has 0 saturated carbocycles. The number of para-hydroxylation sites is 1. The van der Waals surface area contributed by atoms with E-state index in [2.05, 4.69) is 110 Å². The Morgan fingerprint density at radius 1 is 0.571 bits per heavy atom. The molecule has 7 rings (SSSR count). The number of aryl methyl sites for hydroxylation is 2. The van der Waals surface area contributed by atoms with Crippen LogP contribution < -0.4 is 4.90 Å². The molecule has 0 fully saturated rings. The molecule has 1 aromatic heterocycles. The van der Waals surface area contributed by atoms with Crippen LogP contribution in [0.3, 0.4) is 0 Å². The van der Waals surface area contributed by atoms with Gasteiger partial charge in [-0.25, -0.2) is 0 Å². The summed E-state index contributed by atoms with van der Waals surface area (Å²) in [6, 6.07) is 37.1. The van der Waals surface area contributed by atoms with Gasteiger partial charge in [0, 0.05) is 26.3 Å². The maximum atomic E-state index is 6.02. The fraction of sp³-hybridized carbons (Fsp3) is 0.0625. The van der Waals surface area contributed by atoms with Crippen LogP contribution in [0.2, 0.25) is 0 Å². The number of hydrogen-bond acceptors (Lipinski definition) is 3. The Morgan fingerprint density at radius 2 is 1.20 bits per heavy atom. The third-order valence-corrected chi connectivity index (χ3v) is 7.86. The van der Waals surface area contributed by atoms with Crippen molar-refractivity contribution < 1.29 is 4.42 Å². The molecule has 1 aliphatic heterocycles. The van der Waals surface area contributed by atoms with E-state index in [4.69, 9.17) is 4.42 Å². The van der Waals surface area contributed by atoms with Gasteiger partial charge >= 0.3 is 0 Å². The van der Waals surface area contributed by atoms with E-state index < -0.39 is 0 Å². The highest BCUT2D eigenvalue weighted by Gasteiger charge is 2.25. The van der Waals surface area contributed by atoms with E-state index >= 15 is 0 Å². The average Bonchev–Trinajstić information content (AvgIpc) is 3.25. The molecule has 168 valence electrons. The van der Waals surface area contributed by atoms with Gasteiger partial charge in [0.1, 0.15) is 11.2 Å². The Hall–Kier alpha value is -3.95. The number of rotatable bonds is 2. The standard InChI is InChI=1S/C32H23NOS/c1-20-7-14-27-31(17-20)35-32-18-21(2)8-15-28(32)33(27)24-12-9-22(10-13-24)23-11-16-30-26(19-23)25-5-3-4-6-29(25)34-30/h3-19H,1-2H3. The van der Waals surface area contributed by atoms with E-state index in [1.165, 1.54) is 49.1 Å². The van der Waals surface area contributed by atoms with Crippen molar-refractivity contribution in [3.8, 4) is 11.1 Å². The summed E-state index contributed by atoms with van der Waals surface area (Å²) in [5.74, 6) is 0. The largest absolute Gasteiger partial charge is 0.456 e. The molecule has 1 aliphatic rings. The van der Waals surface area contributed by atoms with Crippen molar-refractivity contribution in [2.45, 2.75) is 23.6 Å². The summed E-state index contributed by atoms with van der Waals surface area (Å²) >= 11 is 1.86. The van der Waals surface area contributed by atoms with E-state index in [0.717, 1.165) is 21.9 Å². The van der Waals surface area contributed by atoms with Crippen LogP contribution >= 0.6 is 11.8 Å². The van der Waals surface area contributed by atoms with Crippen LogP contribution in [0.5, 0.6) is 0 Å². The van der Waals surface area contributed by atoms with Gasteiger partial charge in [-0.15, -0.1) is 0 Å². The zero-order chi connectivity index (χ0) is 23.5. The fourth-order valence-corrected chi connectivity index (χ4v) is 6.26. The lowest BCUT2D eigenvalue weighted by Gasteiger charge is -2.33. The summed E-state index contributed by atoms with van der Waals surface area (Å²) in [6.45, 7) is 4.32. The monoisotopic (exact) mass is 469 g/mol. The van der Waals surface area contributed by atoms with Gasteiger partial charge in [-0.05, 0) is 90.7 Å². The number of anilines is 3. The molecule has 3 heteroatoms. The van der Waals surface area contributed by atoms with Crippen molar-refractivity contribution in [2.75, 3.05) is 4.90 Å². The molecule has 0 bridgehead atoms. The molecule has 0 unspecified atom stereocenters. The van der Waals surface area contributed by atoms with Gasteiger partial charge < -0.3 is 9.32 Å². The van der Waals surface area contributed by atoms with Crippen LogP contribution in [0.25, 0.3) is 33.1 Å². The zero-order valence-corrected chi connectivity index (χ0v) is 20.4. The van der Waals surface area contributed by atoms with Gasteiger partial charge in [0.2, 0.25) is 0 Å². The molecule has 6 aromatic rings. The van der Waals surface area contributed by atoms with Gasteiger partial charge in [-0.2, -0.15) is 0 Å². The molecule has 5 aromatic carbocycles. The van der Waals surface area contributed by atoms with Crippen molar-refractivity contribution >= 4 is 50.8 Å². The first kappa shape index (κ1) is 20.4. The van der Waals surface area contributed by atoms with E-state index in [0.29, 0.717) is 0 Å². The maximum absolute atomic E-state index is 6.02. The molecular formula is C32H23NOS. The highest BCUT2D eigenvalue weighted by atomic mass is 32.2. The summed E-state index contributed by atoms with van der Waals surface area (Å²) in [5.41, 5.74) is 10.4. The minimum absolute atomic E-state index is 0.927. The molecule has 0 N–H and O–H groups in total. The molecule has 2 nitrogen and oxygen atoms in total. The first-order valence-electron chi connectivity index (χ1n) is 11.9. The van der Waals surface area contributed by atoms with Gasteiger partial charge in [0.25, 0.3) is 0 Å². The Labute approximate surface area is 208 Å². The maximum Gasteiger partial charge on any atom is 0.135 e. The Balaban J connectivity index is 1.32. The van der Waals surface area contributed by atoms with E-state index in [9.17, 15) is 0 Å². The van der Waals surface area contributed by atoms with Crippen molar-refractivity contribution in [2.24, 2.45) is 0 Å².